The lowest BCUT2D eigenvalue weighted by molar-refractivity contribution is -0.143. The van der Waals surface area contributed by atoms with Crippen molar-refractivity contribution in [1.82, 2.24) is 5.32 Å². The van der Waals surface area contributed by atoms with Crippen LogP contribution in [0.15, 0.2) is 48.5 Å². The summed E-state index contributed by atoms with van der Waals surface area (Å²) in [6.07, 6.45) is 0. The molecule has 7 nitrogen and oxygen atoms in total. The Morgan fingerprint density at radius 2 is 1.88 bits per heavy atom. The molecule has 1 unspecified atom stereocenters. The standard InChI is InChI=1S/C18H17N3O4/c1-18(17(24)21-13-8-3-4-9-14(13)25-18)16(23)20-12-7-5-6-11(10-12)15(22)19-2/h3-10H,1-2H3,(H,19,22)(H,20,23)(H,21,24). The first-order chi connectivity index (χ1) is 11.9. The lowest BCUT2D eigenvalue weighted by atomic mass is 10.0. The Balaban J connectivity index is 1.84. The van der Waals surface area contributed by atoms with E-state index in [-0.39, 0.29) is 5.91 Å². The predicted octanol–water partition coefficient (Wildman–Crippen LogP) is 1.77. The lowest BCUT2D eigenvalue weighted by Crippen LogP contribution is -2.56. The summed E-state index contributed by atoms with van der Waals surface area (Å²) >= 11 is 0. The minimum Gasteiger partial charge on any atom is -0.466 e. The summed E-state index contributed by atoms with van der Waals surface area (Å²) in [5, 5.41) is 7.81. The molecule has 0 saturated heterocycles. The van der Waals surface area contributed by atoms with Gasteiger partial charge in [-0.25, -0.2) is 0 Å². The molecule has 2 aromatic carbocycles. The molecule has 1 aliphatic heterocycles. The highest BCUT2D eigenvalue weighted by atomic mass is 16.5. The van der Waals surface area contributed by atoms with E-state index in [1.54, 1.807) is 42.5 Å². The highest BCUT2D eigenvalue weighted by Crippen LogP contribution is 2.33. The van der Waals surface area contributed by atoms with Crippen LogP contribution in [-0.4, -0.2) is 30.4 Å². The average Bonchev–Trinajstić information content (AvgIpc) is 2.62. The van der Waals surface area contributed by atoms with E-state index in [4.69, 9.17) is 4.74 Å². The van der Waals surface area contributed by atoms with Gasteiger partial charge in [-0.15, -0.1) is 0 Å². The molecule has 0 bridgehead atoms. The number of hydrogen-bond acceptors (Lipinski definition) is 4. The first-order valence-corrected chi connectivity index (χ1v) is 7.67. The summed E-state index contributed by atoms with van der Waals surface area (Å²) in [5.41, 5.74) is -0.427. The van der Waals surface area contributed by atoms with Crippen molar-refractivity contribution in [1.29, 1.82) is 0 Å². The summed E-state index contributed by atoms with van der Waals surface area (Å²) in [7, 11) is 1.52. The Labute approximate surface area is 144 Å². The van der Waals surface area contributed by atoms with E-state index in [0.717, 1.165) is 0 Å². The Morgan fingerprint density at radius 1 is 1.12 bits per heavy atom. The quantitative estimate of drug-likeness (QED) is 0.743. The molecule has 2 aromatic rings. The van der Waals surface area contributed by atoms with Gasteiger partial charge in [-0.1, -0.05) is 18.2 Å². The molecule has 0 fully saturated rings. The third-order valence-electron chi connectivity index (χ3n) is 3.93. The van der Waals surface area contributed by atoms with E-state index < -0.39 is 17.4 Å². The second kappa shape index (κ2) is 6.27. The van der Waals surface area contributed by atoms with Crippen LogP contribution in [0.1, 0.15) is 17.3 Å². The molecule has 3 N–H and O–H groups in total. The van der Waals surface area contributed by atoms with Gasteiger partial charge in [-0.2, -0.15) is 0 Å². The molecular weight excluding hydrogens is 322 g/mol. The van der Waals surface area contributed by atoms with Gasteiger partial charge in [0.2, 0.25) is 0 Å². The number of carbonyl (C=O) groups is 3. The van der Waals surface area contributed by atoms with Crippen LogP contribution >= 0.6 is 0 Å². The smallest absolute Gasteiger partial charge is 0.278 e. The first-order valence-electron chi connectivity index (χ1n) is 7.67. The molecule has 25 heavy (non-hydrogen) atoms. The molecule has 0 saturated carbocycles. The number of nitrogens with one attached hydrogen (secondary N) is 3. The number of hydrogen-bond donors (Lipinski definition) is 3. The Bertz CT molecular complexity index is 865. The molecule has 0 aromatic heterocycles. The van der Waals surface area contributed by atoms with Crippen LogP contribution in [0.4, 0.5) is 11.4 Å². The molecule has 128 valence electrons. The van der Waals surface area contributed by atoms with Crippen LogP contribution in [0, 0.1) is 0 Å². The number of anilines is 2. The van der Waals surface area contributed by atoms with Gasteiger partial charge >= 0.3 is 0 Å². The molecule has 0 spiro atoms. The van der Waals surface area contributed by atoms with Crippen molar-refractivity contribution in [2.45, 2.75) is 12.5 Å². The Morgan fingerprint density at radius 3 is 2.64 bits per heavy atom. The molecule has 3 amide bonds. The third kappa shape index (κ3) is 3.03. The minimum atomic E-state index is -1.72. The number of fused-ring (bicyclic) bond motifs is 1. The number of benzene rings is 2. The zero-order valence-corrected chi connectivity index (χ0v) is 13.8. The minimum absolute atomic E-state index is 0.275. The van der Waals surface area contributed by atoms with Crippen molar-refractivity contribution in [2.75, 3.05) is 17.7 Å². The number of amides is 3. The van der Waals surface area contributed by atoms with Gasteiger partial charge < -0.3 is 20.7 Å². The largest absolute Gasteiger partial charge is 0.466 e. The molecule has 0 radical (unpaired) electrons. The monoisotopic (exact) mass is 339 g/mol. The van der Waals surface area contributed by atoms with E-state index in [1.807, 2.05) is 0 Å². The summed E-state index contributed by atoms with van der Waals surface area (Å²) in [6, 6.07) is 13.3. The van der Waals surface area contributed by atoms with Crippen molar-refractivity contribution in [3.05, 3.63) is 54.1 Å². The van der Waals surface area contributed by atoms with Crippen LogP contribution in [0.2, 0.25) is 0 Å². The average molecular weight is 339 g/mol. The van der Waals surface area contributed by atoms with Gasteiger partial charge in [0.15, 0.2) is 0 Å². The fraction of sp³-hybridized carbons (Fsp3) is 0.167. The van der Waals surface area contributed by atoms with E-state index in [2.05, 4.69) is 16.0 Å². The molecule has 1 atom stereocenters. The SMILES string of the molecule is CNC(=O)c1cccc(NC(=O)C2(C)Oc3ccccc3NC2=O)c1. The van der Waals surface area contributed by atoms with Crippen LogP contribution in [0.5, 0.6) is 5.75 Å². The summed E-state index contributed by atoms with van der Waals surface area (Å²) in [5.74, 6) is -1.05. The second-order valence-electron chi connectivity index (χ2n) is 5.70. The Hall–Kier alpha value is -3.35. The topological polar surface area (TPSA) is 96.5 Å². The third-order valence-corrected chi connectivity index (χ3v) is 3.93. The maximum atomic E-state index is 12.7. The van der Waals surface area contributed by atoms with Gasteiger partial charge in [-0.3, -0.25) is 14.4 Å². The van der Waals surface area contributed by atoms with Crippen LogP contribution < -0.4 is 20.7 Å². The lowest BCUT2D eigenvalue weighted by Gasteiger charge is -2.33. The van der Waals surface area contributed by atoms with E-state index in [9.17, 15) is 14.4 Å². The molecule has 1 aliphatic rings. The van der Waals surface area contributed by atoms with Gasteiger partial charge in [0, 0.05) is 18.3 Å². The summed E-state index contributed by atoms with van der Waals surface area (Å²) in [4.78, 5) is 36.7. The van der Waals surface area contributed by atoms with Crippen molar-refractivity contribution < 1.29 is 19.1 Å². The predicted molar refractivity (Wildman–Crippen MR) is 92.6 cm³/mol. The molecule has 0 aliphatic carbocycles. The van der Waals surface area contributed by atoms with Crippen LogP contribution in [0.25, 0.3) is 0 Å². The highest BCUT2D eigenvalue weighted by Gasteiger charge is 2.47. The van der Waals surface area contributed by atoms with E-state index in [0.29, 0.717) is 22.7 Å². The highest BCUT2D eigenvalue weighted by molar-refractivity contribution is 6.19. The fourth-order valence-electron chi connectivity index (χ4n) is 2.45. The first kappa shape index (κ1) is 16.5. The van der Waals surface area contributed by atoms with Gasteiger partial charge in [0.1, 0.15) is 5.75 Å². The van der Waals surface area contributed by atoms with Crippen LogP contribution in [-0.2, 0) is 9.59 Å². The van der Waals surface area contributed by atoms with Crippen molar-refractivity contribution in [3.8, 4) is 5.75 Å². The molecule has 7 heteroatoms. The molecular formula is C18H17N3O4. The van der Waals surface area contributed by atoms with Gasteiger partial charge in [0.05, 0.1) is 5.69 Å². The van der Waals surface area contributed by atoms with Gasteiger partial charge in [-0.05, 0) is 37.3 Å². The molecule has 3 rings (SSSR count). The number of ether oxygens (including phenoxy) is 1. The fourth-order valence-corrected chi connectivity index (χ4v) is 2.45. The molecule has 1 heterocycles. The zero-order chi connectivity index (χ0) is 18.0. The van der Waals surface area contributed by atoms with Crippen LogP contribution in [0.3, 0.4) is 0 Å². The van der Waals surface area contributed by atoms with E-state index >= 15 is 0 Å². The van der Waals surface area contributed by atoms with Crippen molar-refractivity contribution >= 4 is 29.1 Å². The van der Waals surface area contributed by atoms with Crippen molar-refractivity contribution in [2.24, 2.45) is 0 Å². The van der Waals surface area contributed by atoms with E-state index in [1.165, 1.54) is 20.0 Å². The zero-order valence-electron chi connectivity index (χ0n) is 13.8. The number of rotatable bonds is 3. The van der Waals surface area contributed by atoms with Crippen molar-refractivity contribution in [3.63, 3.8) is 0 Å². The maximum absolute atomic E-state index is 12.7. The maximum Gasteiger partial charge on any atom is 0.278 e. The second-order valence-corrected chi connectivity index (χ2v) is 5.70. The normalized spacial score (nSPS) is 18.4. The van der Waals surface area contributed by atoms with Gasteiger partial charge in [0.25, 0.3) is 23.3 Å². The number of carbonyl (C=O) groups excluding carboxylic acids is 3. The Kier molecular flexibility index (Phi) is 4.14. The summed E-state index contributed by atoms with van der Waals surface area (Å²) in [6.45, 7) is 1.40. The number of para-hydroxylation sites is 2. The summed E-state index contributed by atoms with van der Waals surface area (Å²) < 4.78 is 5.66.